The third kappa shape index (κ3) is 3.38. The number of hydrazone groups is 1. The van der Waals surface area contributed by atoms with E-state index in [4.69, 9.17) is 14.6 Å². The number of rotatable bonds is 7. The van der Waals surface area contributed by atoms with Crippen LogP contribution in [0.25, 0.3) is 0 Å². The summed E-state index contributed by atoms with van der Waals surface area (Å²) in [6.07, 6.45) is 0.679. The smallest absolute Gasteiger partial charge is 0.433 e. The van der Waals surface area contributed by atoms with E-state index in [1.165, 1.54) is 6.07 Å². The predicted octanol–water partition coefficient (Wildman–Crippen LogP) is -0.378. The van der Waals surface area contributed by atoms with E-state index in [9.17, 15) is 24.5 Å². The van der Waals surface area contributed by atoms with Crippen molar-refractivity contribution in [2.45, 2.75) is 12.5 Å². The number of nitrogens with zero attached hydrogens (tertiary/aromatic N) is 4. The molecule has 0 saturated carbocycles. The Morgan fingerprint density at radius 1 is 1.50 bits per heavy atom. The Labute approximate surface area is 133 Å². The second-order valence-corrected chi connectivity index (χ2v) is 4.65. The van der Waals surface area contributed by atoms with Crippen molar-refractivity contribution in [3.63, 3.8) is 0 Å². The standard InChI is InChI=1S/C12H12N4O8/c17-4-3-8(11(19)20)15-9(18)6-14(12(15)21)13-5-7-1-2-10(24-7)16(22)23/h1-2,5,8,17H,3-4,6H2,(H,19,20). The molecule has 1 aromatic rings. The first-order valence-corrected chi connectivity index (χ1v) is 6.60. The van der Waals surface area contributed by atoms with Gasteiger partial charge in [-0.1, -0.05) is 0 Å². The van der Waals surface area contributed by atoms with Gasteiger partial charge in [0.15, 0.2) is 5.76 Å². The minimum atomic E-state index is -1.50. The van der Waals surface area contributed by atoms with Gasteiger partial charge in [0, 0.05) is 13.0 Å². The number of carboxylic acid groups (broad SMARTS) is 1. The molecular weight excluding hydrogens is 328 g/mol. The molecular formula is C12H12N4O8. The monoisotopic (exact) mass is 340 g/mol. The van der Waals surface area contributed by atoms with Crippen molar-refractivity contribution in [1.82, 2.24) is 9.91 Å². The summed E-state index contributed by atoms with van der Waals surface area (Å²) in [5, 5.41) is 32.8. The Morgan fingerprint density at radius 3 is 2.75 bits per heavy atom. The molecule has 12 heteroatoms. The third-order valence-electron chi connectivity index (χ3n) is 3.10. The molecule has 0 aliphatic carbocycles. The molecule has 0 spiro atoms. The summed E-state index contributed by atoms with van der Waals surface area (Å²) in [4.78, 5) is 45.3. The number of imide groups is 1. The second-order valence-electron chi connectivity index (χ2n) is 4.65. The van der Waals surface area contributed by atoms with Crippen LogP contribution in [0.1, 0.15) is 12.2 Å². The Kier molecular flexibility index (Phi) is 4.89. The van der Waals surface area contributed by atoms with Crippen LogP contribution in [0.2, 0.25) is 0 Å². The highest BCUT2D eigenvalue weighted by Crippen LogP contribution is 2.18. The zero-order chi connectivity index (χ0) is 17.9. The van der Waals surface area contributed by atoms with Crippen molar-refractivity contribution in [1.29, 1.82) is 0 Å². The normalized spacial score (nSPS) is 16.2. The number of hydrogen-bond acceptors (Lipinski definition) is 8. The van der Waals surface area contributed by atoms with Gasteiger partial charge in [-0.2, -0.15) is 5.10 Å². The van der Waals surface area contributed by atoms with Crippen LogP contribution >= 0.6 is 0 Å². The maximum Gasteiger partial charge on any atom is 0.433 e. The molecule has 0 radical (unpaired) electrons. The Bertz CT molecular complexity index is 712. The summed E-state index contributed by atoms with van der Waals surface area (Å²) >= 11 is 0. The number of aliphatic hydroxyl groups excluding tert-OH is 1. The van der Waals surface area contributed by atoms with E-state index in [2.05, 4.69) is 5.10 Å². The van der Waals surface area contributed by atoms with Crippen LogP contribution in [0.4, 0.5) is 10.7 Å². The van der Waals surface area contributed by atoms with Crippen LogP contribution in [0.3, 0.4) is 0 Å². The summed E-state index contributed by atoms with van der Waals surface area (Å²) in [5.74, 6) is -2.76. The van der Waals surface area contributed by atoms with Gasteiger partial charge in [0.1, 0.15) is 17.5 Å². The van der Waals surface area contributed by atoms with Crippen molar-refractivity contribution in [3.05, 3.63) is 28.0 Å². The van der Waals surface area contributed by atoms with Crippen LogP contribution in [0.15, 0.2) is 21.7 Å². The number of carbonyl (C=O) groups excluding carboxylic acids is 2. The van der Waals surface area contributed by atoms with Gasteiger partial charge >= 0.3 is 17.9 Å². The molecule has 2 rings (SSSR count). The number of hydrogen-bond donors (Lipinski definition) is 2. The number of nitro groups is 1. The van der Waals surface area contributed by atoms with Crippen molar-refractivity contribution < 1.29 is 33.9 Å². The molecule has 24 heavy (non-hydrogen) atoms. The zero-order valence-electron chi connectivity index (χ0n) is 12.1. The third-order valence-corrected chi connectivity index (χ3v) is 3.10. The molecule has 1 atom stereocenters. The summed E-state index contributed by atoms with van der Waals surface area (Å²) in [7, 11) is 0. The average molecular weight is 340 g/mol. The molecule has 0 bridgehead atoms. The Balaban J connectivity index is 2.14. The van der Waals surface area contributed by atoms with E-state index in [1.54, 1.807) is 0 Å². The highest BCUT2D eigenvalue weighted by atomic mass is 16.6. The van der Waals surface area contributed by atoms with Crippen LogP contribution in [0.5, 0.6) is 0 Å². The largest absolute Gasteiger partial charge is 0.480 e. The second kappa shape index (κ2) is 6.87. The van der Waals surface area contributed by atoms with Crippen molar-refractivity contribution in [2.75, 3.05) is 13.2 Å². The minimum Gasteiger partial charge on any atom is -0.480 e. The van der Waals surface area contributed by atoms with Crippen LogP contribution in [-0.4, -0.2) is 68.4 Å². The fourth-order valence-corrected chi connectivity index (χ4v) is 2.02. The van der Waals surface area contributed by atoms with E-state index in [-0.39, 0.29) is 12.2 Å². The van der Waals surface area contributed by atoms with Gasteiger partial charge in [-0.3, -0.25) is 14.9 Å². The zero-order valence-corrected chi connectivity index (χ0v) is 12.1. The molecule has 1 fully saturated rings. The van der Waals surface area contributed by atoms with Gasteiger partial charge in [-0.05, 0) is 6.07 Å². The van der Waals surface area contributed by atoms with Crippen LogP contribution < -0.4 is 0 Å². The SMILES string of the molecule is O=C(O)C(CCO)N1C(=O)CN(N=Cc2ccc([N+](=O)[O-])o2)C1=O. The average Bonchev–Trinajstić information content (AvgIpc) is 3.08. The number of aliphatic hydroxyl groups is 1. The molecule has 1 aromatic heterocycles. The van der Waals surface area contributed by atoms with Gasteiger partial charge in [-0.25, -0.2) is 19.5 Å². The quantitative estimate of drug-likeness (QED) is 0.293. The van der Waals surface area contributed by atoms with E-state index in [0.29, 0.717) is 9.91 Å². The lowest BCUT2D eigenvalue weighted by atomic mass is 10.2. The summed E-state index contributed by atoms with van der Waals surface area (Å²) in [6, 6.07) is -0.141. The Morgan fingerprint density at radius 2 is 2.21 bits per heavy atom. The fraction of sp³-hybridized carbons (Fsp3) is 0.333. The molecule has 2 heterocycles. The van der Waals surface area contributed by atoms with E-state index in [1.807, 2.05) is 0 Å². The van der Waals surface area contributed by atoms with Gasteiger partial charge in [0.25, 0.3) is 5.91 Å². The van der Waals surface area contributed by atoms with Crippen LogP contribution in [-0.2, 0) is 9.59 Å². The maximum absolute atomic E-state index is 12.1. The first kappa shape index (κ1) is 17.1. The number of carboxylic acids is 1. The van der Waals surface area contributed by atoms with E-state index >= 15 is 0 Å². The van der Waals surface area contributed by atoms with E-state index in [0.717, 1.165) is 12.3 Å². The molecule has 2 N–H and O–H groups in total. The molecule has 1 aliphatic heterocycles. The lowest BCUT2D eigenvalue weighted by Crippen LogP contribution is -2.45. The molecule has 1 saturated heterocycles. The van der Waals surface area contributed by atoms with Gasteiger partial charge in [0.2, 0.25) is 0 Å². The van der Waals surface area contributed by atoms with Gasteiger partial charge in [0.05, 0.1) is 12.3 Å². The summed E-state index contributed by atoms with van der Waals surface area (Å²) in [5.41, 5.74) is 0. The first-order chi connectivity index (χ1) is 11.3. The van der Waals surface area contributed by atoms with Crippen molar-refractivity contribution in [3.8, 4) is 0 Å². The molecule has 12 nitrogen and oxygen atoms in total. The number of carbonyl (C=O) groups is 3. The molecule has 1 aliphatic rings. The molecule has 1 unspecified atom stereocenters. The molecule has 128 valence electrons. The van der Waals surface area contributed by atoms with Crippen LogP contribution in [0, 0.1) is 10.1 Å². The highest BCUT2D eigenvalue weighted by molar-refractivity contribution is 6.05. The minimum absolute atomic E-state index is 0.0226. The number of aliphatic carboxylic acids is 1. The van der Waals surface area contributed by atoms with E-state index < -0.39 is 47.9 Å². The number of amides is 3. The number of furan rings is 1. The molecule has 3 amide bonds. The lowest BCUT2D eigenvalue weighted by molar-refractivity contribution is -0.402. The summed E-state index contributed by atoms with van der Waals surface area (Å²) in [6.45, 7) is -1.01. The fourth-order valence-electron chi connectivity index (χ4n) is 2.02. The topological polar surface area (TPSA) is 167 Å². The van der Waals surface area contributed by atoms with Crippen molar-refractivity contribution >= 4 is 30.0 Å². The predicted molar refractivity (Wildman–Crippen MR) is 75.0 cm³/mol. The molecule has 0 aromatic carbocycles. The van der Waals surface area contributed by atoms with Gasteiger partial charge < -0.3 is 14.6 Å². The summed E-state index contributed by atoms with van der Waals surface area (Å²) < 4.78 is 4.81. The van der Waals surface area contributed by atoms with Crippen molar-refractivity contribution in [2.24, 2.45) is 5.10 Å². The Hall–Kier alpha value is -3.28. The lowest BCUT2D eigenvalue weighted by Gasteiger charge is -2.20. The number of urea groups is 1. The first-order valence-electron chi connectivity index (χ1n) is 6.60. The highest BCUT2D eigenvalue weighted by Gasteiger charge is 2.43. The maximum atomic E-state index is 12.1. The van der Waals surface area contributed by atoms with Gasteiger partial charge in [-0.15, -0.1) is 0 Å².